The highest BCUT2D eigenvalue weighted by molar-refractivity contribution is 7.85. The van der Waals surface area contributed by atoms with E-state index in [1.807, 2.05) is 30.3 Å². The van der Waals surface area contributed by atoms with Gasteiger partial charge in [-0.3, -0.25) is 4.21 Å². The summed E-state index contributed by atoms with van der Waals surface area (Å²) in [6, 6.07) is 9.20. The first kappa shape index (κ1) is 22.0. The Morgan fingerprint density at radius 2 is 1.74 bits per heavy atom. The molecule has 0 N–H and O–H groups in total. The molecule has 0 radical (unpaired) electrons. The zero-order valence-corrected chi connectivity index (χ0v) is 17.3. The first-order valence-corrected chi connectivity index (χ1v) is 10.0. The van der Waals surface area contributed by atoms with Crippen molar-refractivity contribution in [3.05, 3.63) is 30.3 Å². The average Bonchev–Trinajstić information content (AvgIpc) is 2.70. The molecule has 8 heteroatoms. The third kappa shape index (κ3) is 4.41. The standard InChI is InChI=1S/C19H28O7S/c1-17(23-4)18(2,24-5)26-19(14-25-17,16(20)22-3)12-9-13-27(21)15-10-7-6-8-11-15/h6-8,10-11H,9,12-14H2,1-5H3/t17-,18-,19+,27?/m1/s1. The smallest absolute Gasteiger partial charge is 0.340 e. The van der Waals surface area contributed by atoms with Gasteiger partial charge in [0.1, 0.15) is 0 Å². The molecule has 1 saturated heterocycles. The van der Waals surface area contributed by atoms with Gasteiger partial charge in [-0.2, -0.15) is 0 Å². The number of carbonyl (C=O) groups is 1. The van der Waals surface area contributed by atoms with Gasteiger partial charge in [-0.05, 0) is 38.8 Å². The topological polar surface area (TPSA) is 80.3 Å². The number of hydrogen-bond acceptors (Lipinski definition) is 7. The Kier molecular flexibility index (Phi) is 7.15. The summed E-state index contributed by atoms with van der Waals surface area (Å²) in [5.74, 6) is -2.69. The van der Waals surface area contributed by atoms with E-state index in [1.165, 1.54) is 21.3 Å². The van der Waals surface area contributed by atoms with Crippen molar-refractivity contribution in [1.29, 1.82) is 0 Å². The maximum atomic E-state index is 12.5. The Labute approximate surface area is 162 Å². The minimum absolute atomic E-state index is 0.0546. The molecule has 1 heterocycles. The van der Waals surface area contributed by atoms with Crippen LogP contribution in [0.2, 0.25) is 0 Å². The molecular formula is C19H28O7S. The van der Waals surface area contributed by atoms with Gasteiger partial charge in [-0.15, -0.1) is 0 Å². The van der Waals surface area contributed by atoms with Crippen LogP contribution in [0.1, 0.15) is 26.7 Å². The number of methoxy groups -OCH3 is 3. The zero-order chi connectivity index (χ0) is 20.1. The summed E-state index contributed by atoms with van der Waals surface area (Å²) < 4.78 is 40.3. The molecule has 1 aromatic rings. The van der Waals surface area contributed by atoms with Gasteiger partial charge in [0.2, 0.25) is 11.6 Å². The molecule has 0 aliphatic carbocycles. The highest BCUT2D eigenvalue weighted by atomic mass is 32.2. The number of benzene rings is 1. The predicted octanol–water partition coefficient (Wildman–Crippen LogP) is 2.26. The molecule has 2 rings (SSSR count). The number of carbonyl (C=O) groups excluding carboxylic acids is 1. The molecule has 0 spiro atoms. The van der Waals surface area contributed by atoms with E-state index in [4.69, 9.17) is 23.7 Å². The normalized spacial score (nSPS) is 32.0. The molecule has 1 aromatic carbocycles. The second kappa shape index (κ2) is 8.79. The van der Waals surface area contributed by atoms with Crippen molar-refractivity contribution in [1.82, 2.24) is 0 Å². The Morgan fingerprint density at radius 3 is 2.30 bits per heavy atom. The quantitative estimate of drug-likeness (QED) is 0.619. The lowest BCUT2D eigenvalue weighted by molar-refractivity contribution is -0.446. The van der Waals surface area contributed by atoms with E-state index < -0.39 is 33.9 Å². The molecule has 0 bridgehead atoms. The van der Waals surface area contributed by atoms with Crippen molar-refractivity contribution < 1.29 is 32.7 Å². The molecule has 0 aromatic heterocycles. The van der Waals surface area contributed by atoms with Gasteiger partial charge in [0, 0.05) is 24.9 Å². The molecule has 4 atom stereocenters. The van der Waals surface area contributed by atoms with Gasteiger partial charge in [0.25, 0.3) is 0 Å². The van der Waals surface area contributed by atoms with Crippen LogP contribution in [0.25, 0.3) is 0 Å². The van der Waals surface area contributed by atoms with Gasteiger partial charge < -0.3 is 23.7 Å². The summed E-state index contributed by atoms with van der Waals surface area (Å²) >= 11 is 0. The number of rotatable bonds is 8. The highest BCUT2D eigenvalue weighted by Crippen LogP contribution is 2.42. The molecule has 7 nitrogen and oxygen atoms in total. The summed E-state index contributed by atoms with van der Waals surface area (Å²) in [6.07, 6.45) is 0.750. The van der Waals surface area contributed by atoms with Crippen molar-refractivity contribution in [2.24, 2.45) is 0 Å². The largest absolute Gasteiger partial charge is 0.467 e. The molecule has 1 unspecified atom stereocenters. The van der Waals surface area contributed by atoms with Crippen molar-refractivity contribution in [3.63, 3.8) is 0 Å². The number of ether oxygens (including phenoxy) is 5. The fraction of sp³-hybridized carbons (Fsp3) is 0.632. The van der Waals surface area contributed by atoms with Crippen molar-refractivity contribution in [2.45, 2.75) is 48.8 Å². The molecule has 1 fully saturated rings. The van der Waals surface area contributed by atoms with Crippen LogP contribution in [0.3, 0.4) is 0 Å². The van der Waals surface area contributed by atoms with Crippen LogP contribution in [0, 0.1) is 0 Å². The summed E-state index contributed by atoms with van der Waals surface area (Å²) in [5, 5.41) is 0. The van der Waals surface area contributed by atoms with E-state index in [9.17, 15) is 9.00 Å². The van der Waals surface area contributed by atoms with Gasteiger partial charge in [0.15, 0.2) is 5.60 Å². The lowest BCUT2D eigenvalue weighted by Gasteiger charge is -2.52. The van der Waals surface area contributed by atoms with Gasteiger partial charge in [-0.1, -0.05) is 18.2 Å². The van der Waals surface area contributed by atoms with E-state index in [2.05, 4.69) is 0 Å². The highest BCUT2D eigenvalue weighted by Gasteiger charge is 2.61. The maximum Gasteiger partial charge on any atom is 0.340 e. The maximum absolute atomic E-state index is 12.5. The van der Waals surface area contributed by atoms with E-state index in [0.717, 1.165) is 4.90 Å². The van der Waals surface area contributed by atoms with Crippen molar-refractivity contribution in [2.75, 3.05) is 33.7 Å². The lowest BCUT2D eigenvalue weighted by atomic mass is 9.94. The van der Waals surface area contributed by atoms with E-state index in [-0.39, 0.29) is 13.0 Å². The Morgan fingerprint density at radius 1 is 1.11 bits per heavy atom. The minimum Gasteiger partial charge on any atom is -0.467 e. The van der Waals surface area contributed by atoms with Crippen LogP contribution in [-0.4, -0.2) is 61.0 Å². The van der Waals surface area contributed by atoms with Crippen molar-refractivity contribution in [3.8, 4) is 0 Å². The number of hydrogen-bond donors (Lipinski definition) is 0. The van der Waals surface area contributed by atoms with Crippen LogP contribution in [0.4, 0.5) is 0 Å². The Bertz CT molecular complexity index is 667. The summed E-state index contributed by atoms with van der Waals surface area (Å²) in [6.45, 7) is 3.28. The van der Waals surface area contributed by atoms with Crippen LogP contribution in [0.5, 0.6) is 0 Å². The molecule has 1 aliphatic heterocycles. The molecular weight excluding hydrogens is 372 g/mol. The second-order valence-electron chi connectivity index (χ2n) is 6.64. The van der Waals surface area contributed by atoms with Gasteiger partial charge >= 0.3 is 5.97 Å². The summed E-state index contributed by atoms with van der Waals surface area (Å²) in [4.78, 5) is 13.3. The van der Waals surface area contributed by atoms with Crippen LogP contribution in [0.15, 0.2) is 35.2 Å². The number of esters is 1. The van der Waals surface area contributed by atoms with Crippen LogP contribution < -0.4 is 0 Å². The van der Waals surface area contributed by atoms with E-state index in [0.29, 0.717) is 12.2 Å². The van der Waals surface area contributed by atoms with Gasteiger partial charge in [-0.25, -0.2) is 4.79 Å². The van der Waals surface area contributed by atoms with E-state index in [1.54, 1.807) is 13.8 Å². The third-order valence-electron chi connectivity index (χ3n) is 5.05. The van der Waals surface area contributed by atoms with Gasteiger partial charge in [0.05, 0.1) is 24.5 Å². The SMILES string of the molecule is COC(=O)[C@]1(CCCS(=O)c2ccccc2)CO[C@@](C)(OC)[C@](C)(OC)O1. The predicted molar refractivity (Wildman–Crippen MR) is 99.6 cm³/mol. The fourth-order valence-electron chi connectivity index (χ4n) is 3.04. The molecule has 0 saturated carbocycles. The van der Waals surface area contributed by atoms with Crippen molar-refractivity contribution >= 4 is 16.8 Å². The summed E-state index contributed by atoms with van der Waals surface area (Å²) in [5.41, 5.74) is -1.36. The molecule has 152 valence electrons. The molecule has 0 amide bonds. The monoisotopic (exact) mass is 400 g/mol. The fourth-order valence-corrected chi connectivity index (χ4v) is 4.15. The third-order valence-corrected chi connectivity index (χ3v) is 6.51. The van der Waals surface area contributed by atoms with Crippen LogP contribution >= 0.6 is 0 Å². The molecule has 27 heavy (non-hydrogen) atoms. The second-order valence-corrected chi connectivity index (χ2v) is 8.21. The Balaban J connectivity index is 2.13. The first-order valence-electron chi connectivity index (χ1n) is 8.72. The average molecular weight is 400 g/mol. The zero-order valence-electron chi connectivity index (χ0n) is 16.5. The molecule has 1 aliphatic rings. The first-order chi connectivity index (χ1) is 12.8. The minimum atomic E-state index is -1.36. The lowest BCUT2D eigenvalue weighted by Crippen LogP contribution is -2.68. The summed E-state index contributed by atoms with van der Waals surface area (Å²) in [7, 11) is 3.07. The van der Waals surface area contributed by atoms with Crippen LogP contribution in [-0.2, 0) is 39.3 Å². The van der Waals surface area contributed by atoms with E-state index >= 15 is 0 Å². The Hall–Kier alpha value is -1.32.